The smallest absolute Gasteiger partial charge is 0.150 e. The second-order valence-corrected chi connectivity index (χ2v) is 3.81. The quantitative estimate of drug-likeness (QED) is 0.696. The molecule has 0 fully saturated rings. The number of hydrogen-bond donors (Lipinski definition) is 2. The highest BCUT2D eigenvalue weighted by atomic mass is 19.1. The van der Waals surface area contributed by atoms with Crippen molar-refractivity contribution < 1.29 is 14.2 Å². The summed E-state index contributed by atoms with van der Waals surface area (Å²) in [6.45, 7) is 2.13. The van der Waals surface area contributed by atoms with Crippen molar-refractivity contribution in [3.05, 3.63) is 29.6 Å². The van der Waals surface area contributed by atoms with Crippen LogP contribution in [0, 0.1) is 5.82 Å². The Balaban J connectivity index is 2.67. The fourth-order valence-corrected chi connectivity index (χ4v) is 1.59. The van der Waals surface area contributed by atoms with E-state index >= 15 is 0 Å². The first-order chi connectivity index (χ1) is 8.19. The van der Waals surface area contributed by atoms with Gasteiger partial charge in [-0.05, 0) is 6.07 Å². The first-order valence-corrected chi connectivity index (χ1v) is 5.54. The molecule has 4 nitrogen and oxygen atoms in total. The Morgan fingerprint density at radius 3 is 2.82 bits per heavy atom. The SMILES string of the molecule is COCCN(CCO)Cc1cccc(N)c1F. The van der Waals surface area contributed by atoms with E-state index in [0.717, 1.165) is 0 Å². The van der Waals surface area contributed by atoms with Gasteiger partial charge in [0.05, 0.1) is 18.9 Å². The van der Waals surface area contributed by atoms with Gasteiger partial charge in [0.1, 0.15) is 0 Å². The fraction of sp³-hybridized carbons (Fsp3) is 0.500. The third-order valence-electron chi connectivity index (χ3n) is 2.53. The van der Waals surface area contributed by atoms with E-state index in [1.807, 2.05) is 4.90 Å². The first-order valence-electron chi connectivity index (χ1n) is 5.54. The Labute approximate surface area is 101 Å². The average molecular weight is 242 g/mol. The van der Waals surface area contributed by atoms with Gasteiger partial charge in [-0.3, -0.25) is 4.90 Å². The second-order valence-electron chi connectivity index (χ2n) is 3.81. The molecule has 0 aliphatic rings. The molecule has 3 N–H and O–H groups in total. The van der Waals surface area contributed by atoms with Crippen LogP contribution in [0.1, 0.15) is 5.56 Å². The zero-order valence-corrected chi connectivity index (χ0v) is 10.0. The number of hydrogen-bond acceptors (Lipinski definition) is 4. The molecule has 0 spiro atoms. The van der Waals surface area contributed by atoms with Gasteiger partial charge in [0.25, 0.3) is 0 Å². The summed E-state index contributed by atoms with van der Waals surface area (Å²) in [5.74, 6) is -0.382. The summed E-state index contributed by atoms with van der Waals surface area (Å²) in [6.07, 6.45) is 0. The predicted molar refractivity (Wildman–Crippen MR) is 65.1 cm³/mol. The van der Waals surface area contributed by atoms with E-state index in [9.17, 15) is 4.39 Å². The maximum atomic E-state index is 13.7. The van der Waals surface area contributed by atoms with Crippen LogP contribution in [-0.4, -0.2) is 43.4 Å². The predicted octanol–water partition coefficient (Wildman–Crippen LogP) is 0.849. The van der Waals surface area contributed by atoms with Crippen molar-refractivity contribution in [3.8, 4) is 0 Å². The number of halogens is 1. The number of benzene rings is 1. The largest absolute Gasteiger partial charge is 0.396 e. The molecule has 0 aliphatic heterocycles. The number of nitrogens with two attached hydrogens (primary N) is 1. The molecule has 0 amide bonds. The molecular formula is C12H19FN2O2. The van der Waals surface area contributed by atoms with Crippen molar-refractivity contribution in [1.29, 1.82) is 0 Å². The molecule has 0 atom stereocenters. The van der Waals surface area contributed by atoms with Crippen molar-refractivity contribution in [2.45, 2.75) is 6.54 Å². The molecule has 0 saturated heterocycles. The zero-order valence-electron chi connectivity index (χ0n) is 10.0. The van der Waals surface area contributed by atoms with E-state index in [-0.39, 0.29) is 18.1 Å². The normalized spacial score (nSPS) is 11.1. The van der Waals surface area contributed by atoms with Crippen LogP contribution in [-0.2, 0) is 11.3 Å². The number of ether oxygens (including phenoxy) is 1. The second kappa shape index (κ2) is 7.21. The van der Waals surface area contributed by atoms with Gasteiger partial charge in [0.15, 0.2) is 5.82 Å². The van der Waals surface area contributed by atoms with Gasteiger partial charge in [-0.1, -0.05) is 12.1 Å². The van der Waals surface area contributed by atoms with Crippen LogP contribution >= 0.6 is 0 Å². The minimum atomic E-state index is -0.382. The van der Waals surface area contributed by atoms with Crippen molar-refractivity contribution in [2.24, 2.45) is 0 Å². The van der Waals surface area contributed by atoms with E-state index < -0.39 is 0 Å². The van der Waals surface area contributed by atoms with Gasteiger partial charge in [-0.15, -0.1) is 0 Å². The average Bonchev–Trinajstić information content (AvgIpc) is 2.32. The van der Waals surface area contributed by atoms with E-state index in [4.69, 9.17) is 15.6 Å². The van der Waals surface area contributed by atoms with Gasteiger partial charge < -0.3 is 15.6 Å². The molecule has 96 valence electrons. The Morgan fingerprint density at radius 1 is 1.41 bits per heavy atom. The Hall–Kier alpha value is -1.17. The minimum Gasteiger partial charge on any atom is -0.396 e. The summed E-state index contributed by atoms with van der Waals surface area (Å²) < 4.78 is 18.6. The summed E-state index contributed by atoms with van der Waals surface area (Å²) >= 11 is 0. The van der Waals surface area contributed by atoms with Gasteiger partial charge in [-0.25, -0.2) is 4.39 Å². The molecule has 0 radical (unpaired) electrons. The topological polar surface area (TPSA) is 58.7 Å². The molecule has 1 aromatic rings. The van der Waals surface area contributed by atoms with Gasteiger partial charge in [-0.2, -0.15) is 0 Å². The van der Waals surface area contributed by atoms with Crippen molar-refractivity contribution in [2.75, 3.05) is 39.1 Å². The molecule has 1 aromatic carbocycles. The van der Waals surface area contributed by atoms with E-state index in [1.165, 1.54) is 6.07 Å². The summed E-state index contributed by atoms with van der Waals surface area (Å²) in [5, 5.41) is 8.94. The van der Waals surface area contributed by atoms with Crippen LogP contribution in [0.5, 0.6) is 0 Å². The third-order valence-corrected chi connectivity index (χ3v) is 2.53. The summed E-state index contributed by atoms with van der Waals surface area (Å²) in [6, 6.07) is 4.95. The lowest BCUT2D eigenvalue weighted by atomic mass is 10.1. The first kappa shape index (κ1) is 13.9. The number of nitrogens with zero attached hydrogens (tertiary/aromatic N) is 1. The molecule has 1 rings (SSSR count). The molecule has 0 heterocycles. The lowest BCUT2D eigenvalue weighted by Gasteiger charge is -2.21. The minimum absolute atomic E-state index is 0.0354. The Bertz CT molecular complexity index is 347. The van der Waals surface area contributed by atoms with Crippen LogP contribution in [0.25, 0.3) is 0 Å². The van der Waals surface area contributed by atoms with E-state index in [2.05, 4.69) is 0 Å². The summed E-state index contributed by atoms with van der Waals surface area (Å²) in [4.78, 5) is 1.92. The number of rotatable bonds is 7. The van der Waals surface area contributed by atoms with Gasteiger partial charge in [0, 0.05) is 32.3 Å². The highest BCUT2D eigenvalue weighted by Gasteiger charge is 2.10. The Morgan fingerprint density at radius 2 is 2.18 bits per heavy atom. The lowest BCUT2D eigenvalue weighted by molar-refractivity contribution is 0.126. The zero-order chi connectivity index (χ0) is 12.7. The van der Waals surface area contributed by atoms with E-state index in [0.29, 0.717) is 31.8 Å². The maximum absolute atomic E-state index is 13.7. The highest BCUT2D eigenvalue weighted by Crippen LogP contribution is 2.16. The lowest BCUT2D eigenvalue weighted by Crippen LogP contribution is -2.30. The number of aliphatic hydroxyl groups is 1. The molecule has 5 heteroatoms. The van der Waals surface area contributed by atoms with E-state index in [1.54, 1.807) is 19.2 Å². The van der Waals surface area contributed by atoms with Crippen molar-refractivity contribution in [1.82, 2.24) is 4.90 Å². The summed E-state index contributed by atoms with van der Waals surface area (Å²) in [7, 11) is 1.61. The van der Waals surface area contributed by atoms with Gasteiger partial charge in [0.2, 0.25) is 0 Å². The van der Waals surface area contributed by atoms with Crippen LogP contribution in [0.3, 0.4) is 0 Å². The molecule has 0 aliphatic carbocycles. The maximum Gasteiger partial charge on any atom is 0.150 e. The molecule has 0 aromatic heterocycles. The third kappa shape index (κ3) is 4.30. The number of nitrogen functional groups attached to an aromatic ring is 1. The fourth-order valence-electron chi connectivity index (χ4n) is 1.59. The monoisotopic (exact) mass is 242 g/mol. The van der Waals surface area contributed by atoms with Crippen LogP contribution < -0.4 is 5.73 Å². The van der Waals surface area contributed by atoms with Crippen LogP contribution in [0.4, 0.5) is 10.1 Å². The molecule has 0 unspecified atom stereocenters. The molecule has 0 bridgehead atoms. The van der Waals surface area contributed by atoms with Crippen LogP contribution in [0.2, 0.25) is 0 Å². The number of aliphatic hydroxyl groups excluding tert-OH is 1. The number of methoxy groups -OCH3 is 1. The number of anilines is 1. The standard InChI is InChI=1S/C12H19FN2O2/c1-17-8-6-15(5-7-16)9-10-3-2-4-11(14)12(10)13/h2-4,16H,5-9,14H2,1H3. The van der Waals surface area contributed by atoms with Crippen molar-refractivity contribution >= 4 is 5.69 Å². The van der Waals surface area contributed by atoms with Gasteiger partial charge >= 0.3 is 0 Å². The van der Waals surface area contributed by atoms with Crippen molar-refractivity contribution in [3.63, 3.8) is 0 Å². The summed E-state index contributed by atoms with van der Waals surface area (Å²) in [5.41, 5.74) is 6.19. The molecular weight excluding hydrogens is 223 g/mol. The Kier molecular flexibility index (Phi) is 5.90. The highest BCUT2D eigenvalue weighted by molar-refractivity contribution is 5.42. The molecule has 17 heavy (non-hydrogen) atoms. The molecule has 0 saturated carbocycles. The van der Waals surface area contributed by atoms with Crippen LogP contribution in [0.15, 0.2) is 18.2 Å².